The molecule has 0 fully saturated rings. The fraction of sp³-hybridized carbons (Fsp3) is 0.222. The standard InChI is InChI=1S/C9H10N2O2/c1-11(2)8-3-4-9(10-13)7(5-8)6-12/h3-6H,1-2H3. The Bertz CT molecular complexity index is 334. The van der Waals surface area contributed by atoms with E-state index < -0.39 is 0 Å². The summed E-state index contributed by atoms with van der Waals surface area (Å²) in [6, 6.07) is 4.90. The summed E-state index contributed by atoms with van der Waals surface area (Å²) >= 11 is 0. The number of hydrogen-bond donors (Lipinski definition) is 0. The molecule has 0 bridgehead atoms. The fourth-order valence-corrected chi connectivity index (χ4v) is 0.998. The molecule has 4 nitrogen and oxygen atoms in total. The zero-order chi connectivity index (χ0) is 9.84. The lowest BCUT2D eigenvalue weighted by Crippen LogP contribution is -2.08. The van der Waals surface area contributed by atoms with Crippen molar-refractivity contribution in [2.45, 2.75) is 0 Å². The van der Waals surface area contributed by atoms with Crippen LogP contribution in [0.15, 0.2) is 23.4 Å². The number of nitroso groups, excluding NO2 is 1. The first-order valence-electron chi connectivity index (χ1n) is 3.79. The van der Waals surface area contributed by atoms with Crippen molar-refractivity contribution in [2.24, 2.45) is 5.18 Å². The van der Waals surface area contributed by atoms with Crippen molar-refractivity contribution in [3.8, 4) is 0 Å². The van der Waals surface area contributed by atoms with Gasteiger partial charge in [-0.2, -0.15) is 0 Å². The van der Waals surface area contributed by atoms with Gasteiger partial charge >= 0.3 is 0 Å². The van der Waals surface area contributed by atoms with Crippen molar-refractivity contribution in [3.63, 3.8) is 0 Å². The summed E-state index contributed by atoms with van der Waals surface area (Å²) in [4.78, 5) is 22.6. The van der Waals surface area contributed by atoms with Crippen LogP contribution in [0.2, 0.25) is 0 Å². The van der Waals surface area contributed by atoms with Crippen LogP contribution in [0, 0.1) is 4.91 Å². The molecule has 0 saturated carbocycles. The van der Waals surface area contributed by atoms with Gasteiger partial charge in [0.25, 0.3) is 0 Å². The number of carbonyl (C=O) groups is 1. The van der Waals surface area contributed by atoms with Crippen LogP contribution in [-0.4, -0.2) is 20.4 Å². The number of hydrogen-bond acceptors (Lipinski definition) is 4. The van der Waals surface area contributed by atoms with E-state index in [1.165, 1.54) is 6.07 Å². The third-order valence-electron chi connectivity index (χ3n) is 1.75. The minimum absolute atomic E-state index is 0.181. The second-order valence-electron chi connectivity index (χ2n) is 2.85. The minimum atomic E-state index is 0.181. The number of anilines is 1. The van der Waals surface area contributed by atoms with Crippen LogP contribution in [0.3, 0.4) is 0 Å². The lowest BCUT2D eigenvalue weighted by Gasteiger charge is -2.12. The molecule has 0 aliphatic heterocycles. The van der Waals surface area contributed by atoms with E-state index in [9.17, 15) is 9.70 Å². The maximum absolute atomic E-state index is 10.5. The van der Waals surface area contributed by atoms with Gasteiger partial charge in [-0.05, 0) is 23.4 Å². The lowest BCUT2D eigenvalue weighted by atomic mass is 10.1. The van der Waals surface area contributed by atoms with Crippen LogP contribution in [0.25, 0.3) is 0 Å². The number of aldehydes is 1. The minimum Gasteiger partial charge on any atom is -0.378 e. The molecule has 0 amide bonds. The van der Waals surface area contributed by atoms with E-state index in [0.717, 1.165) is 5.69 Å². The van der Waals surface area contributed by atoms with Crippen molar-refractivity contribution >= 4 is 17.7 Å². The highest BCUT2D eigenvalue weighted by Crippen LogP contribution is 2.22. The summed E-state index contributed by atoms with van der Waals surface area (Å²) in [6.45, 7) is 0. The molecule has 0 saturated heterocycles. The van der Waals surface area contributed by atoms with Gasteiger partial charge in [-0.3, -0.25) is 4.79 Å². The zero-order valence-electron chi connectivity index (χ0n) is 7.52. The molecule has 1 rings (SSSR count). The Balaban J connectivity index is 3.20. The Kier molecular flexibility index (Phi) is 2.74. The summed E-state index contributed by atoms with van der Waals surface area (Å²) in [6.07, 6.45) is 0.629. The molecule has 4 heteroatoms. The first-order chi connectivity index (χ1) is 6.19. The molecule has 1 aromatic rings. The van der Waals surface area contributed by atoms with Crippen molar-refractivity contribution in [3.05, 3.63) is 28.7 Å². The van der Waals surface area contributed by atoms with Gasteiger partial charge in [-0.1, -0.05) is 0 Å². The van der Waals surface area contributed by atoms with Gasteiger partial charge in [0.15, 0.2) is 6.29 Å². The Morgan fingerprint density at radius 3 is 2.54 bits per heavy atom. The number of rotatable bonds is 3. The van der Waals surface area contributed by atoms with Crippen LogP contribution in [-0.2, 0) is 0 Å². The average molecular weight is 178 g/mol. The van der Waals surface area contributed by atoms with Crippen molar-refractivity contribution in [1.82, 2.24) is 0 Å². The van der Waals surface area contributed by atoms with Crippen LogP contribution >= 0.6 is 0 Å². The van der Waals surface area contributed by atoms with E-state index in [1.54, 1.807) is 12.1 Å². The van der Waals surface area contributed by atoms with Crippen LogP contribution in [0.5, 0.6) is 0 Å². The quantitative estimate of drug-likeness (QED) is 0.525. The molecule has 0 atom stereocenters. The van der Waals surface area contributed by atoms with E-state index in [4.69, 9.17) is 0 Å². The maximum atomic E-state index is 10.5. The molecule has 13 heavy (non-hydrogen) atoms. The smallest absolute Gasteiger partial charge is 0.152 e. The summed E-state index contributed by atoms with van der Waals surface area (Å²) in [5.74, 6) is 0. The Hall–Kier alpha value is -1.71. The highest BCUT2D eigenvalue weighted by Gasteiger charge is 2.03. The SMILES string of the molecule is CN(C)c1ccc(N=O)c(C=O)c1. The highest BCUT2D eigenvalue weighted by molar-refractivity contribution is 5.84. The van der Waals surface area contributed by atoms with E-state index >= 15 is 0 Å². The molecular formula is C9H10N2O2. The molecule has 0 spiro atoms. The van der Waals surface area contributed by atoms with Gasteiger partial charge in [0.1, 0.15) is 5.69 Å². The van der Waals surface area contributed by atoms with Crippen LogP contribution < -0.4 is 4.90 Å². The van der Waals surface area contributed by atoms with Crippen LogP contribution in [0.4, 0.5) is 11.4 Å². The molecule has 0 aromatic heterocycles. The van der Waals surface area contributed by atoms with Gasteiger partial charge in [-0.15, -0.1) is 4.91 Å². The maximum Gasteiger partial charge on any atom is 0.152 e. The molecule has 0 unspecified atom stereocenters. The predicted octanol–water partition coefficient (Wildman–Crippen LogP) is 1.96. The molecule has 0 aliphatic rings. The molecule has 0 aliphatic carbocycles. The summed E-state index contributed by atoms with van der Waals surface area (Å²) < 4.78 is 0. The van der Waals surface area contributed by atoms with E-state index in [0.29, 0.717) is 11.8 Å². The Morgan fingerprint density at radius 1 is 1.38 bits per heavy atom. The van der Waals surface area contributed by atoms with Crippen molar-refractivity contribution < 1.29 is 4.79 Å². The van der Waals surface area contributed by atoms with Crippen molar-refractivity contribution in [1.29, 1.82) is 0 Å². The van der Waals surface area contributed by atoms with E-state index in [1.807, 2.05) is 19.0 Å². The summed E-state index contributed by atoms with van der Waals surface area (Å²) in [5.41, 5.74) is 1.37. The topological polar surface area (TPSA) is 49.7 Å². The van der Waals surface area contributed by atoms with Crippen LogP contribution in [0.1, 0.15) is 10.4 Å². The van der Waals surface area contributed by atoms with Gasteiger partial charge in [-0.25, -0.2) is 0 Å². The number of benzene rings is 1. The van der Waals surface area contributed by atoms with E-state index in [2.05, 4.69) is 5.18 Å². The highest BCUT2D eigenvalue weighted by atomic mass is 16.3. The molecular weight excluding hydrogens is 168 g/mol. The predicted molar refractivity (Wildman–Crippen MR) is 51.6 cm³/mol. The summed E-state index contributed by atoms with van der Waals surface area (Å²) in [5, 5.41) is 2.74. The molecule has 1 aromatic carbocycles. The normalized spacial score (nSPS) is 9.38. The average Bonchev–Trinajstić information content (AvgIpc) is 2.16. The first-order valence-corrected chi connectivity index (χ1v) is 3.79. The Labute approximate surface area is 76.1 Å². The second kappa shape index (κ2) is 3.80. The van der Waals surface area contributed by atoms with Gasteiger partial charge < -0.3 is 4.90 Å². The van der Waals surface area contributed by atoms with Crippen molar-refractivity contribution in [2.75, 3.05) is 19.0 Å². The monoisotopic (exact) mass is 178 g/mol. The number of carbonyl (C=O) groups excluding carboxylic acids is 1. The fourth-order valence-electron chi connectivity index (χ4n) is 0.998. The lowest BCUT2D eigenvalue weighted by molar-refractivity contribution is 0.112. The Morgan fingerprint density at radius 2 is 2.08 bits per heavy atom. The second-order valence-corrected chi connectivity index (χ2v) is 2.85. The van der Waals surface area contributed by atoms with E-state index in [-0.39, 0.29) is 5.69 Å². The third-order valence-corrected chi connectivity index (χ3v) is 1.75. The molecule has 0 N–H and O–H groups in total. The molecule has 0 radical (unpaired) electrons. The van der Waals surface area contributed by atoms with Gasteiger partial charge in [0.2, 0.25) is 0 Å². The van der Waals surface area contributed by atoms with Gasteiger partial charge in [0, 0.05) is 25.3 Å². The van der Waals surface area contributed by atoms with Gasteiger partial charge in [0.05, 0.1) is 0 Å². The zero-order valence-corrected chi connectivity index (χ0v) is 7.52. The largest absolute Gasteiger partial charge is 0.378 e. The molecule has 0 heterocycles. The summed E-state index contributed by atoms with van der Waals surface area (Å²) in [7, 11) is 3.72. The molecule has 68 valence electrons. The first kappa shape index (κ1) is 9.38. The number of nitrogens with zero attached hydrogens (tertiary/aromatic N) is 2. The third kappa shape index (κ3) is 1.90.